The predicted octanol–water partition coefficient (Wildman–Crippen LogP) is 4.48. The van der Waals surface area contributed by atoms with E-state index in [1.165, 1.54) is 11.1 Å². The van der Waals surface area contributed by atoms with Crippen LogP contribution >= 0.6 is 0 Å². The Morgan fingerprint density at radius 3 is 2.36 bits per heavy atom. The van der Waals surface area contributed by atoms with Crippen molar-refractivity contribution < 1.29 is 9.47 Å². The summed E-state index contributed by atoms with van der Waals surface area (Å²) in [7, 11) is 0. The Morgan fingerprint density at radius 2 is 1.54 bits per heavy atom. The van der Waals surface area contributed by atoms with Gasteiger partial charge in [-0.1, -0.05) is 54.6 Å². The molecule has 3 aromatic carbocycles. The first-order chi connectivity index (χ1) is 19.3. The van der Waals surface area contributed by atoms with Crippen LogP contribution in [0.15, 0.2) is 85.2 Å². The molecule has 1 fully saturated rings. The molecule has 9 heteroatoms. The molecule has 7 rings (SSSR count). The number of imidazole rings is 1. The van der Waals surface area contributed by atoms with Crippen molar-refractivity contribution in [1.29, 1.82) is 0 Å². The average Bonchev–Trinajstić information content (AvgIpc) is 3.64. The van der Waals surface area contributed by atoms with E-state index in [-0.39, 0.29) is 0 Å². The van der Waals surface area contributed by atoms with Crippen molar-refractivity contribution in [1.82, 2.24) is 24.4 Å². The fraction of sp³-hybridized carbons (Fsp3) is 0.233. The highest BCUT2D eigenvalue weighted by atomic mass is 16.7. The van der Waals surface area contributed by atoms with Gasteiger partial charge in [-0.15, -0.1) is 0 Å². The number of anilines is 2. The number of aromatic nitrogens is 4. The summed E-state index contributed by atoms with van der Waals surface area (Å²) in [6.45, 7) is 5.35. The van der Waals surface area contributed by atoms with Crippen LogP contribution in [-0.2, 0) is 13.1 Å². The fourth-order valence-electron chi connectivity index (χ4n) is 5.12. The predicted molar refractivity (Wildman–Crippen MR) is 150 cm³/mol. The number of para-hydroxylation sites is 1. The van der Waals surface area contributed by atoms with Gasteiger partial charge in [0.2, 0.25) is 12.7 Å². The van der Waals surface area contributed by atoms with Gasteiger partial charge in [-0.05, 0) is 35.4 Å². The Bertz CT molecular complexity index is 1580. The van der Waals surface area contributed by atoms with Gasteiger partial charge in [-0.3, -0.25) is 9.47 Å². The minimum atomic E-state index is 0.299. The maximum Gasteiger partial charge on any atom is 0.231 e. The molecule has 0 atom stereocenters. The van der Waals surface area contributed by atoms with Crippen LogP contribution in [0.25, 0.3) is 16.9 Å². The highest BCUT2D eigenvalue weighted by Gasteiger charge is 2.23. The molecule has 0 saturated carbocycles. The first-order valence-electron chi connectivity index (χ1n) is 13.2. The Morgan fingerprint density at radius 1 is 0.769 bits per heavy atom. The maximum absolute atomic E-state index is 5.55. The molecule has 5 aromatic rings. The summed E-state index contributed by atoms with van der Waals surface area (Å²) in [6.07, 6.45) is 1.83. The normalized spacial score (nSPS) is 15.1. The van der Waals surface area contributed by atoms with Gasteiger partial charge in [-0.2, -0.15) is 9.97 Å². The van der Waals surface area contributed by atoms with Crippen molar-refractivity contribution in [3.8, 4) is 17.2 Å². The molecule has 39 heavy (non-hydrogen) atoms. The van der Waals surface area contributed by atoms with Crippen molar-refractivity contribution in [2.75, 3.05) is 43.2 Å². The van der Waals surface area contributed by atoms with Gasteiger partial charge in [0, 0.05) is 45.0 Å². The van der Waals surface area contributed by atoms with Crippen molar-refractivity contribution in [2.24, 2.45) is 0 Å². The van der Waals surface area contributed by atoms with E-state index >= 15 is 0 Å². The van der Waals surface area contributed by atoms with Gasteiger partial charge in [0.1, 0.15) is 6.33 Å². The van der Waals surface area contributed by atoms with Crippen LogP contribution in [0.1, 0.15) is 11.1 Å². The van der Waals surface area contributed by atoms with Gasteiger partial charge in [-0.25, -0.2) is 4.98 Å². The van der Waals surface area contributed by atoms with E-state index in [2.05, 4.69) is 51.5 Å². The van der Waals surface area contributed by atoms with Gasteiger partial charge >= 0.3 is 0 Å². The van der Waals surface area contributed by atoms with Crippen LogP contribution in [0, 0.1) is 0 Å². The standard InChI is InChI=1S/C30H29N7O2/c1-3-7-22(8-4-1)18-31-28-27-29(37(20-32-27)24-9-5-2-6-10-24)34-30(33-28)36-15-13-35(14-16-36)19-23-11-12-25-26(17-23)39-21-38-25/h1-12,17,20H,13-16,18-19,21H2,(H,31,33,34). The van der Waals surface area contributed by atoms with Gasteiger partial charge < -0.3 is 19.7 Å². The first kappa shape index (κ1) is 23.5. The lowest BCUT2D eigenvalue weighted by Gasteiger charge is -2.34. The Labute approximate surface area is 226 Å². The van der Waals surface area contributed by atoms with Crippen LogP contribution in [0.4, 0.5) is 11.8 Å². The molecule has 0 unspecified atom stereocenters. The number of benzene rings is 3. The monoisotopic (exact) mass is 519 g/mol. The minimum Gasteiger partial charge on any atom is -0.454 e. The molecule has 9 nitrogen and oxygen atoms in total. The quantitative estimate of drug-likeness (QED) is 0.337. The lowest BCUT2D eigenvalue weighted by Crippen LogP contribution is -2.46. The van der Waals surface area contributed by atoms with Crippen molar-refractivity contribution in [3.05, 3.63) is 96.3 Å². The molecule has 0 amide bonds. The van der Waals surface area contributed by atoms with Crippen LogP contribution in [0.3, 0.4) is 0 Å². The highest BCUT2D eigenvalue weighted by molar-refractivity contribution is 5.85. The van der Waals surface area contributed by atoms with E-state index in [0.29, 0.717) is 13.3 Å². The summed E-state index contributed by atoms with van der Waals surface area (Å²) in [6, 6.07) is 26.7. The fourth-order valence-corrected chi connectivity index (χ4v) is 5.12. The topological polar surface area (TPSA) is 80.6 Å². The van der Waals surface area contributed by atoms with Gasteiger partial charge in [0.15, 0.2) is 28.5 Å². The number of nitrogens with zero attached hydrogens (tertiary/aromatic N) is 6. The molecule has 2 aliphatic rings. The number of hydrogen-bond donors (Lipinski definition) is 1. The summed E-state index contributed by atoms with van der Waals surface area (Å²) in [5, 5.41) is 3.52. The third-order valence-corrected chi connectivity index (χ3v) is 7.22. The van der Waals surface area contributed by atoms with Crippen molar-refractivity contribution in [3.63, 3.8) is 0 Å². The highest BCUT2D eigenvalue weighted by Crippen LogP contribution is 2.33. The van der Waals surface area contributed by atoms with E-state index < -0.39 is 0 Å². The number of fused-ring (bicyclic) bond motifs is 2. The van der Waals surface area contributed by atoms with E-state index in [9.17, 15) is 0 Å². The van der Waals surface area contributed by atoms with Crippen molar-refractivity contribution in [2.45, 2.75) is 13.1 Å². The van der Waals surface area contributed by atoms with Gasteiger partial charge in [0.05, 0.1) is 0 Å². The Kier molecular flexibility index (Phi) is 6.18. The average molecular weight is 520 g/mol. The molecule has 1 saturated heterocycles. The van der Waals surface area contributed by atoms with E-state index in [0.717, 1.165) is 72.8 Å². The van der Waals surface area contributed by atoms with E-state index in [4.69, 9.17) is 24.4 Å². The zero-order valence-corrected chi connectivity index (χ0v) is 21.5. The zero-order valence-electron chi connectivity index (χ0n) is 21.5. The molecule has 2 aromatic heterocycles. The molecule has 0 aliphatic carbocycles. The van der Waals surface area contributed by atoms with Crippen LogP contribution < -0.4 is 19.7 Å². The second kappa shape index (κ2) is 10.3. The second-order valence-corrected chi connectivity index (χ2v) is 9.78. The summed E-state index contributed by atoms with van der Waals surface area (Å²) in [4.78, 5) is 19.4. The largest absolute Gasteiger partial charge is 0.454 e. The maximum atomic E-state index is 5.55. The number of piperazine rings is 1. The lowest BCUT2D eigenvalue weighted by molar-refractivity contribution is 0.174. The summed E-state index contributed by atoms with van der Waals surface area (Å²) >= 11 is 0. The molecular formula is C30H29N7O2. The minimum absolute atomic E-state index is 0.299. The van der Waals surface area contributed by atoms with E-state index in [1.807, 2.05) is 53.4 Å². The SMILES string of the molecule is c1ccc(CNc2nc(N3CCN(Cc4ccc5c(c4)OCO5)CC3)nc3c2ncn3-c2ccccc2)cc1. The molecular weight excluding hydrogens is 490 g/mol. The third-order valence-electron chi connectivity index (χ3n) is 7.22. The number of nitrogens with one attached hydrogen (secondary N) is 1. The molecule has 1 N–H and O–H groups in total. The Hall–Kier alpha value is -4.63. The van der Waals surface area contributed by atoms with Crippen LogP contribution in [-0.4, -0.2) is 57.4 Å². The Balaban J connectivity index is 1.13. The summed E-state index contributed by atoms with van der Waals surface area (Å²) < 4.78 is 13.0. The first-order valence-corrected chi connectivity index (χ1v) is 13.2. The summed E-state index contributed by atoms with van der Waals surface area (Å²) in [5.41, 5.74) is 4.99. The third kappa shape index (κ3) is 4.84. The smallest absolute Gasteiger partial charge is 0.231 e. The molecule has 0 spiro atoms. The van der Waals surface area contributed by atoms with Crippen molar-refractivity contribution >= 4 is 22.9 Å². The van der Waals surface area contributed by atoms with E-state index in [1.54, 1.807) is 0 Å². The number of hydrogen-bond acceptors (Lipinski definition) is 8. The van der Waals surface area contributed by atoms with Crippen LogP contribution in [0.2, 0.25) is 0 Å². The number of rotatable bonds is 7. The lowest BCUT2D eigenvalue weighted by atomic mass is 10.1. The second-order valence-electron chi connectivity index (χ2n) is 9.78. The molecule has 0 bridgehead atoms. The van der Waals surface area contributed by atoms with Crippen LogP contribution in [0.5, 0.6) is 11.5 Å². The molecule has 4 heterocycles. The number of ether oxygens (including phenoxy) is 2. The van der Waals surface area contributed by atoms with Gasteiger partial charge in [0.25, 0.3) is 0 Å². The zero-order chi connectivity index (χ0) is 26.0. The molecule has 196 valence electrons. The molecule has 2 aliphatic heterocycles. The summed E-state index contributed by atoms with van der Waals surface area (Å²) in [5.74, 6) is 3.12. The molecule has 0 radical (unpaired) electrons.